The summed E-state index contributed by atoms with van der Waals surface area (Å²) >= 11 is 1.63. The van der Waals surface area contributed by atoms with Crippen molar-refractivity contribution in [3.63, 3.8) is 0 Å². The molecular formula is C14H11F3N2S. The minimum Gasteiger partial charge on any atom is -0.385 e. The Kier molecular flexibility index (Phi) is 4.30. The van der Waals surface area contributed by atoms with Crippen LogP contribution in [0.1, 0.15) is 16.0 Å². The van der Waals surface area contributed by atoms with Crippen LogP contribution in [0.3, 0.4) is 0 Å². The fourth-order valence-electron chi connectivity index (χ4n) is 1.78. The maximum absolute atomic E-state index is 12.6. The van der Waals surface area contributed by atoms with Crippen molar-refractivity contribution in [3.05, 3.63) is 51.7 Å². The molecule has 20 heavy (non-hydrogen) atoms. The summed E-state index contributed by atoms with van der Waals surface area (Å²) in [6.07, 6.45) is -3.71. The lowest BCUT2D eigenvalue weighted by molar-refractivity contribution is -0.137. The number of nitrogens with zero attached hydrogens (tertiary/aromatic N) is 1. The van der Waals surface area contributed by atoms with Gasteiger partial charge in [0.25, 0.3) is 0 Å². The Bertz CT molecular complexity index is 612. The van der Waals surface area contributed by atoms with Crippen molar-refractivity contribution in [2.75, 3.05) is 11.9 Å². The van der Waals surface area contributed by atoms with E-state index in [1.807, 2.05) is 17.5 Å². The fourth-order valence-corrected chi connectivity index (χ4v) is 2.49. The summed E-state index contributed by atoms with van der Waals surface area (Å²) < 4.78 is 37.9. The standard InChI is InChI=1S/C14H11F3N2S/c15-14(16,17)13-4-3-11(8-10(13)9-18)19-6-5-12-2-1-7-20-12/h1-4,7-8,19H,5-6H2. The predicted molar refractivity (Wildman–Crippen MR) is 72.7 cm³/mol. The molecular weight excluding hydrogens is 285 g/mol. The zero-order valence-electron chi connectivity index (χ0n) is 10.4. The summed E-state index contributed by atoms with van der Waals surface area (Å²) in [4.78, 5) is 1.20. The van der Waals surface area contributed by atoms with Crippen molar-refractivity contribution in [1.29, 1.82) is 5.26 Å². The maximum atomic E-state index is 12.6. The smallest absolute Gasteiger partial charge is 0.385 e. The second kappa shape index (κ2) is 5.97. The normalized spacial score (nSPS) is 11.1. The van der Waals surface area contributed by atoms with Gasteiger partial charge < -0.3 is 5.32 Å². The molecule has 1 aromatic heterocycles. The number of nitrogens with one attached hydrogen (secondary N) is 1. The SMILES string of the molecule is N#Cc1cc(NCCc2cccs2)ccc1C(F)(F)F. The maximum Gasteiger partial charge on any atom is 0.417 e. The van der Waals surface area contributed by atoms with Crippen molar-refractivity contribution >= 4 is 17.0 Å². The molecule has 0 fully saturated rings. The fraction of sp³-hybridized carbons (Fsp3) is 0.214. The van der Waals surface area contributed by atoms with Crippen LogP contribution in [0.15, 0.2) is 35.7 Å². The number of hydrogen-bond acceptors (Lipinski definition) is 3. The van der Waals surface area contributed by atoms with Gasteiger partial charge in [-0.1, -0.05) is 6.07 Å². The molecule has 0 amide bonds. The topological polar surface area (TPSA) is 35.8 Å². The third kappa shape index (κ3) is 3.52. The monoisotopic (exact) mass is 296 g/mol. The zero-order valence-corrected chi connectivity index (χ0v) is 11.2. The van der Waals surface area contributed by atoms with E-state index in [4.69, 9.17) is 5.26 Å². The second-order valence-electron chi connectivity index (χ2n) is 4.13. The first kappa shape index (κ1) is 14.4. The molecule has 0 saturated carbocycles. The van der Waals surface area contributed by atoms with Crippen LogP contribution in [0.5, 0.6) is 0 Å². The molecule has 0 bridgehead atoms. The van der Waals surface area contributed by atoms with Gasteiger partial charge in [0.15, 0.2) is 0 Å². The molecule has 0 saturated heterocycles. The molecule has 0 radical (unpaired) electrons. The average Bonchev–Trinajstić information content (AvgIpc) is 2.90. The summed E-state index contributed by atoms with van der Waals surface area (Å²) in [6.45, 7) is 0.608. The first-order chi connectivity index (χ1) is 9.50. The summed E-state index contributed by atoms with van der Waals surface area (Å²) in [5.74, 6) is 0. The van der Waals surface area contributed by atoms with Crippen LogP contribution in [0, 0.1) is 11.3 Å². The number of benzene rings is 1. The molecule has 2 aromatic rings. The van der Waals surface area contributed by atoms with Crippen LogP contribution in [-0.2, 0) is 12.6 Å². The van der Waals surface area contributed by atoms with E-state index >= 15 is 0 Å². The van der Waals surface area contributed by atoms with Gasteiger partial charge in [-0.05, 0) is 36.1 Å². The number of hydrogen-bond donors (Lipinski definition) is 1. The molecule has 0 aliphatic carbocycles. The number of nitriles is 1. The highest BCUT2D eigenvalue weighted by Crippen LogP contribution is 2.32. The van der Waals surface area contributed by atoms with Crippen LogP contribution in [0.4, 0.5) is 18.9 Å². The molecule has 104 valence electrons. The predicted octanol–water partition coefficient (Wildman–Crippen LogP) is 4.29. The van der Waals surface area contributed by atoms with Crippen molar-refractivity contribution in [1.82, 2.24) is 0 Å². The Morgan fingerprint density at radius 3 is 2.65 bits per heavy atom. The molecule has 2 nitrogen and oxygen atoms in total. The van der Waals surface area contributed by atoms with Gasteiger partial charge in [0.1, 0.15) is 0 Å². The minimum absolute atomic E-state index is 0.362. The molecule has 0 aliphatic rings. The van der Waals surface area contributed by atoms with Crippen LogP contribution in [0.25, 0.3) is 0 Å². The van der Waals surface area contributed by atoms with E-state index in [1.165, 1.54) is 17.0 Å². The van der Waals surface area contributed by atoms with Crippen LogP contribution in [-0.4, -0.2) is 6.54 Å². The van der Waals surface area contributed by atoms with Crippen LogP contribution >= 0.6 is 11.3 Å². The highest BCUT2D eigenvalue weighted by Gasteiger charge is 2.33. The lowest BCUT2D eigenvalue weighted by Crippen LogP contribution is -2.09. The average molecular weight is 296 g/mol. The molecule has 6 heteroatoms. The lowest BCUT2D eigenvalue weighted by atomic mass is 10.1. The number of thiophene rings is 1. The lowest BCUT2D eigenvalue weighted by Gasteiger charge is -2.11. The van der Waals surface area contributed by atoms with Crippen LogP contribution in [0.2, 0.25) is 0 Å². The van der Waals surface area contributed by atoms with Gasteiger partial charge in [-0.2, -0.15) is 18.4 Å². The van der Waals surface area contributed by atoms with Gasteiger partial charge in [-0.15, -0.1) is 11.3 Å². The quantitative estimate of drug-likeness (QED) is 0.913. The van der Waals surface area contributed by atoms with Crippen molar-refractivity contribution in [3.8, 4) is 6.07 Å². The van der Waals surface area contributed by atoms with E-state index in [0.717, 1.165) is 12.5 Å². The van der Waals surface area contributed by atoms with E-state index in [-0.39, 0.29) is 5.56 Å². The molecule has 0 unspecified atom stereocenters. The molecule has 2 rings (SSSR count). The van der Waals surface area contributed by atoms with Crippen molar-refractivity contribution in [2.45, 2.75) is 12.6 Å². The highest BCUT2D eigenvalue weighted by molar-refractivity contribution is 7.09. The second-order valence-corrected chi connectivity index (χ2v) is 5.16. The number of anilines is 1. The zero-order chi connectivity index (χ0) is 14.6. The van der Waals surface area contributed by atoms with Gasteiger partial charge in [0.05, 0.1) is 17.2 Å². The van der Waals surface area contributed by atoms with E-state index < -0.39 is 11.7 Å². The Morgan fingerprint density at radius 1 is 1.25 bits per heavy atom. The minimum atomic E-state index is -4.50. The van der Waals surface area contributed by atoms with Crippen molar-refractivity contribution in [2.24, 2.45) is 0 Å². The Labute approximate surface area is 118 Å². The van der Waals surface area contributed by atoms with Crippen LogP contribution < -0.4 is 5.32 Å². The highest BCUT2D eigenvalue weighted by atomic mass is 32.1. The van der Waals surface area contributed by atoms with E-state index in [9.17, 15) is 13.2 Å². The summed E-state index contributed by atoms with van der Waals surface area (Å²) in [7, 11) is 0. The third-order valence-corrected chi connectivity index (χ3v) is 3.66. The molecule has 1 N–H and O–H groups in total. The van der Waals surface area contributed by atoms with Crippen molar-refractivity contribution < 1.29 is 13.2 Å². The van der Waals surface area contributed by atoms with Gasteiger partial charge in [0.2, 0.25) is 0 Å². The first-order valence-electron chi connectivity index (χ1n) is 5.88. The Balaban J connectivity index is 2.05. The summed E-state index contributed by atoms with van der Waals surface area (Å²) in [5, 5.41) is 13.8. The van der Waals surface area contributed by atoms with E-state index in [2.05, 4.69) is 5.32 Å². The molecule has 1 heterocycles. The molecule has 0 aliphatic heterocycles. The van der Waals surface area contributed by atoms with E-state index in [1.54, 1.807) is 17.4 Å². The molecule has 1 aromatic carbocycles. The molecule has 0 atom stereocenters. The Hall–Kier alpha value is -2.00. The summed E-state index contributed by atoms with van der Waals surface area (Å²) in [5.41, 5.74) is -0.742. The number of halogens is 3. The Morgan fingerprint density at radius 2 is 2.05 bits per heavy atom. The largest absolute Gasteiger partial charge is 0.417 e. The number of alkyl halides is 3. The van der Waals surface area contributed by atoms with Gasteiger partial charge in [-0.3, -0.25) is 0 Å². The summed E-state index contributed by atoms with van der Waals surface area (Å²) in [6, 6.07) is 9.05. The third-order valence-electron chi connectivity index (χ3n) is 2.73. The van der Waals surface area contributed by atoms with E-state index in [0.29, 0.717) is 12.2 Å². The number of rotatable bonds is 4. The van der Waals surface area contributed by atoms with Gasteiger partial charge in [0, 0.05) is 17.1 Å². The van der Waals surface area contributed by atoms with Gasteiger partial charge in [-0.25, -0.2) is 0 Å². The molecule has 0 spiro atoms. The van der Waals surface area contributed by atoms with Gasteiger partial charge >= 0.3 is 6.18 Å². The first-order valence-corrected chi connectivity index (χ1v) is 6.76.